The Bertz CT molecular complexity index is 738. The maximum atomic E-state index is 11.4. The summed E-state index contributed by atoms with van der Waals surface area (Å²) in [5, 5.41) is 6.86. The first-order chi connectivity index (χ1) is 12.8. The normalized spacial score (nSPS) is 18.7. The molecule has 0 radical (unpaired) electrons. The van der Waals surface area contributed by atoms with Crippen molar-refractivity contribution in [3.63, 3.8) is 0 Å². The van der Waals surface area contributed by atoms with Crippen LogP contribution in [-0.2, 0) is 15.3 Å². The van der Waals surface area contributed by atoms with Crippen molar-refractivity contribution in [2.24, 2.45) is 4.99 Å². The van der Waals surface area contributed by atoms with Crippen LogP contribution in [0.15, 0.2) is 29.3 Å². The molecule has 1 saturated carbocycles. The molecule has 0 aromatic heterocycles. The molecule has 0 amide bonds. The third-order valence-electron chi connectivity index (χ3n) is 5.65. The highest BCUT2D eigenvalue weighted by atomic mass is 32.2. The summed E-state index contributed by atoms with van der Waals surface area (Å²) in [5.74, 6) is 0.931. The summed E-state index contributed by atoms with van der Waals surface area (Å²) in [7, 11) is -1.18. The molecule has 6 heteroatoms. The molecule has 152 valence electrons. The van der Waals surface area contributed by atoms with Crippen molar-refractivity contribution in [2.75, 3.05) is 25.6 Å². The zero-order chi connectivity index (χ0) is 19.9. The maximum absolute atomic E-state index is 11.4. The minimum absolute atomic E-state index is 0.0479. The first-order valence-corrected chi connectivity index (χ1v) is 12.0. The lowest BCUT2D eigenvalue weighted by molar-refractivity contribution is 0.290. The number of nitrogens with one attached hydrogen (secondary N) is 2. The van der Waals surface area contributed by atoms with Crippen LogP contribution >= 0.6 is 0 Å². The van der Waals surface area contributed by atoms with E-state index >= 15 is 0 Å². The molecule has 5 nitrogen and oxygen atoms in total. The van der Waals surface area contributed by atoms with Crippen LogP contribution in [0, 0.1) is 6.92 Å². The summed E-state index contributed by atoms with van der Waals surface area (Å²) in [6.45, 7) is 5.04. The summed E-state index contributed by atoms with van der Waals surface area (Å²) < 4.78 is 22.8. The molecule has 1 atom stereocenters. The van der Waals surface area contributed by atoms with Gasteiger partial charge in [-0.3, -0.25) is 4.99 Å². The Hall–Kier alpha value is -1.56. The van der Waals surface area contributed by atoms with Crippen molar-refractivity contribution in [3.05, 3.63) is 35.4 Å². The smallest absolute Gasteiger partial charge is 0.191 e. The van der Waals surface area contributed by atoms with Gasteiger partial charge in [-0.2, -0.15) is 0 Å². The third kappa shape index (κ3) is 6.52. The van der Waals surface area contributed by atoms with E-state index in [-0.39, 0.29) is 17.2 Å². The van der Waals surface area contributed by atoms with Gasteiger partial charge in [-0.15, -0.1) is 0 Å². The molecule has 1 aliphatic rings. The molecule has 27 heavy (non-hydrogen) atoms. The standard InChI is InChI=1S/C21H35N3O2S/c1-17-10-6-7-11-19(17)21(13-8-5-9-14-21)16-23-20(22-3)24-18(2)12-15-27(4,25)26/h6-7,10-11,18H,5,8-9,12-16H2,1-4H3,(H2,22,23,24). The molecule has 0 bridgehead atoms. The number of guanidine groups is 1. The van der Waals surface area contributed by atoms with Crippen molar-refractivity contribution in [3.8, 4) is 0 Å². The van der Waals surface area contributed by atoms with Gasteiger partial charge in [-0.05, 0) is 44.2 Å². The number of rotatable bonds is 7. The fourth-order valence-electron chi connectivity index (χ4n) is 4.08. The van der Waals surface area contributed by atoms with E-state index in [1.165, 1.54) is 49.5 Å². The number of aryl methyl sites for hydroxylation is 1. The number of hydrogen-bond donors (Lipinski definition) is 2. The van der Waals surface area contributed by atoms with Gasteiger partial charge >= 0.3 is 0 Å². The molecular formula is C21H35N3O2S. The van der Waals surface area contributed by atoms with Gasteiger partial charge in [0.15, 0.2) is 5.96 Å². The largest absolute Gasteiger partial charge is 0.356 e. The summed E-state index contributed by atoms with van der Waals surface area (Å²) in [4.78, 5) is 4.35. The number of benzene rings is 1. The highest BCUT2D eigenvalue weighted by Crippen LogP contribution is 2.40. The van der Waals surface area contributed by atoms with E-state index in [1.54, 1.807) is 7.05 Å². The second-order valence-corrected chi connectivity index (χ2v) is 10.3. The Morgan fingerprint density at radius 1 is 1.22 bits per heavy atom. The Kier molecular flexibility index (Phi) is 7.71. The van der Waals surface area contributed by atoms with Crippen molar-refractivity contribution in [1.82, 2.24) is 10.6 Å². The van der Waals surface area contributed by atoms with Crippen LogP contribution in [0.5, 0.6) is 0 Å². The second-order valence-electron chi connectivity index (χ2n) is 8.05. The Morgan fingerprint density at radius 3 is 2.48 bits per heavy atom. The third-order valence-corrected chi connectivity index (χ3v) is 6.63. The van der Waals surface area contributed by atoms with Crippen molar-refractivity contribution in [1.29, 1.82) is 0 Å². The van der Waals surface area contributed by atoms with Crippen molar-refractivity contribution < 1.29 is 8.42 Å². The van der Waals surface area contributed by atoms with Gasteiger partial charge in [-0.1, -0.05) is 43.5 Å². The molecule has 0 aliphatic heterocycles. The molecule has 0 heterocycles. The van der Waals surface area contributed by atoms with Gasteiger partial charge in [0.1, 0.15) is 9.84 Å². The van der Waals surface area contributed by atoms with E-state index in [1.807, 2.05) is 6.92 Å². The van der Waals surface area contributed by atoms with Crippen LogP contribution in [0.2, 0.25) is 0 Å². The fourth-order valence-corrected chi connectivity index (χ4v) is 4.86. The van der Waals surface area contributed by atoms with Crippen LogP contribution in [-0.4, -0.2) is 46.0 Å². The minimum Gasteiger partial charge on any atom is -0.356 e. The molecule has 2 rings (SSSR count). The molecule has 1 aromatic rings. The van der Waals surface area contributed by atoms with E-state index in [4.69, 9.17) is 0 Å². The maximum Gasteiger partial charge on any atom is 0.191 e. The zero-order valence-corrected chi connectivity index (χ0v) is 18.0. The topological polar surface area (TPSA) is 70.6 Å². The molecule has 2 N–H and O–H groups in total. The van der Waals surface area contributed by atoms with E-state index in [0.717, 1.165) is 12.5 Å². The quantitative estimate of drug-likeness (QED) is 0.551. The number of aliphatic imine (C=N–C) groups is 1. The van der Waals surface area contributed by atoms with Crippen molar-refractivity contribution in [2.45, 2.75) is 63.8 Å². The van der Waals surface area contributed by atoms with Crippen LogP contribution in [0.25, 0.3) is 0 Å². The molecule has 1 fully saturated rings. The van der Waals surface area contributed by atoms with Crippen LogP contribution in [0.3, 0.4) is 0 Å². The average molecular weight is 394 g/mol. The zero-order valence-electron chi connectivity index (χ0n) is 17.2. The Morgan fingerprint density at radius 2 is 1.89 bits per heavy atom. The molecule has 1 aliphatic carbocycles. The lowest BCUT2D eigenvalue weighted by Gasteiger charge is -2.39. The van der Waals surface area contributed by atoms with Crippen LogP contribution in [0.1, 0.15) is 56.6 Å². The number of sulfone groups is 1. The monoisotopic (exact) mass is 393 g/mol. The van der Waals surface area contributed by atoms with Crippen LogP contribution in [0.4, 0.5) is 0 Å². The highest BCUT2D eigenvalue weighted by Gasteiger charge is 2.35. The molecular weight excluding hydrogens is 358 g/mol. The van der Waals surface area contributed by atoms with Gasteiger partial charge in [-0.25, -0.2) is 8.42 Å². The second kappa shape index (κ2) is 9.58. The average Bonchev–Trinajstić information content (AvgIpc) is 2.64. The SMILES string of the molecule is CN=C(NCC1(c2ccccc2C)CCCCC1)NC(C)CCS(C)(=O)=O. The summed E-state index contributed by atoms with van der Waals surface area (Å²) in [6, 6.07) is 8.76. The Labute approximate surface area is 165 Å². The summed E-state index contributed by atoms with van der Waals surface area (Å²) >= 11 is 0. The molecule has 1 aromatic carbocycles. The van der Waals surface area contributed by atoms with E-state index in [9.17, 15) is 8.42 Å². The van der Waals surface area contributed by atoms with Gasteiger partial charge in [0, 0.05) is 31.3 Å². The lowest BCUT2D eigenvalue weighted by atomic mass is 9.68. The van der Waals surface area contributed by atoms with E-state index < -0.39 is 9.84 Å². The van der Waals surface area contributed by atoms with Crippen LogP contribution < -0.4 is 10.6 Å². The summed E-state index contributed by atoms with van der Waals surface area (Å²) in [5.41, 5.74) is 2.93. The fraction of sp³-hybridized carbons (Fsp3) is 0.667. The molecule has 0 spiro atoms. The van der Waals surface area contributed by atoms with E-state index in [0.29, 0.717) is 6.42 Å². The number of hydrogen-bond acceptors (Lipinski definition) is 3. The van der Waals surface area contributed by atoms with E-state index in [2.05, 4.69) is 46.8 Å². The molecule has 1 unspecified atom stereocenters. The highest BCUT2D eigenvalue weighted by molar-refractivity contribution is 7.90. The minimum atomic E-state index is -2.94. The lowest BCUT2D eigenvalue weighted by Crippen LogP contribution is -2.49. The van der Waals surface area contributed by atoms with Gasteiger partial charge < -0.3 is 10.6 Å². The number of nitrogens with zero attached hydrogens (tertiary/aromatic N) is 1. The van der Waals surface area contributed by atoms with Gasteiger partial charge in [0.05, 0.1) is 5.75 Å². The first kappa shape index (κ1) is 21.7. The predicted octanol–water partition coefficient (Wildman–Crippen LogP) is 3.19. The van der Waals surface area contributed by atoms with Gasteiger partial charge in [0.2, 0.25) is 0 Å². The predicted molar refractivity (Wildman–Crippen MR) is 114 cm³/mol. The Balaban J connectivity index is 2.04. The first-order valence-electron chi connectivity index (χ1n) is 9.97. The molecule has 0 saturated heterocycles. The van der Waals surface area contributed by atoms with Gasteiger partial charge in [0.25, 0.3) is 0 Å². The van der Waals surface area contributed by atoms with Crippen molar-refractivity contribution >= 4 is 15.8 Å². The summed E-state index contributed by atoms with van der Waals surface area (Å²) in [6.07, 6.45) is 8.05.